The highest BCUT2D eigenvalue weighted by Crippen LogP contribution is 2.34. The molecule has 24 heavy (non-hydrogen) atoms. The van der Waals surface area contributed by atoms with Crippen molar-refractivity contribution in [2.24, 2.45) is 17.8 Å². The fraction of sp³-hybridized carbons (Fsp3) is 0.722. The van der Waals surface area contributed by atoms with Crippen LogP contribution in [0.2, 0.25) is 0 Å². The first-order chi connectivity index (χ1) is 11.7. The van der Waals surface area contributed by atoms with Gasteiger partial charge in [0.1, 0.15) is 11.8 Å². The van der Waals surface area contributed by atoms with Crippen LogP contribution in [0.1, 0.15) is 33.1 Å². The standard InChI is InChI=1S/C18H28N6/c1-13(2)9-23-6-3-14(4-7-23)15-5-8-24(10-15)18-16-17(20-11-19-16)21-12-22-18/h11-15H,3-10H2,1-2H3,(H,19,20,21,22). The first-order valence-corrected chi connectivity index (χ1v) is 9.32. The van der Waals surface area contributed by atoms with Crippen LogP contribution in [-0.4, -0.2) is 57.6 Å². The Morgan fingerprint density at radius 1 is 1.08 bits per heavy atom. The molecule has 1 atom stereocenters. The highest BCUT2D eigenvalue weighted by Gasteiger charge is 2.33. The zero-order valence-corrected chi connectivity index (χ0v) is 14.8. The number of likely N-dealkylation sites (tertiary alicyclic amines) is 1. The summed E-state index contributed by atoms with van der Waals surface area (Å²) in [6.45, 7) is 10.7. The first kappa shape index (κ1) is 15.8. The van der Waals surface area contributed by atoms with Gasteiger partial charge in [0, 0.05) is 19.6 Å². The van der Waals surface area contributed by atoms with Crippen LogP contribution >= 0.6 is 0 Å². The Hall–Kier alpha value is -1.69. The summed E-state index contributed by atoms with van der Waals surface area (Å²) in [5.41, 5.74) is 1.75. The van der Waals surface area contributed by atoms with E-state index in [2.05, 4.69) is 43.6 Å². The average molecular weight is 328 g/mol. The van der Waals surface area contributed by atoms with Crippen molar-refractivity contribution in [3.8, 4) is 0 Å². The molecule has 4 heterocycles. The molecule has 0 amide bonds. The maximum atomic E-state index is 4.52. The first-order valence-electron chi connectivity index (χ1n) is 9.32. The van der Waals surface area contributed by atoms with Crippen LogP contribution in [0.3, 0.4) is 0 Å². The molecule has 2 aliphatic heterocycles. The summed E-state index contributed by atoms with van der Waals surface area (Å²) in [6.07, 6.45) is 7.34. The van der Waals surface area contributed by atoms with Gasteiger partial charge in [-0.05, 0) is 50.1 Å². The molecular formula is C18H28N6. The number of aromatic nitrogens is 4. The van der Waals surface area contributed by atoms with Crippen molar-refractivity contribution >= 4 is 17.0 Å². The summed E-state index contributed by atoms with van der Waals surface area (Å²) in [6, 6.07) is 0. The van der Waals surface area contributed by atoms with Crippen molar-refractivity contribution in [1.82, 2.24) is 24.8 Å². The zero-order valence-electron chi connectivity index (χ0n) is 14.8. The molecule has 6 nitrogen and oxygen atoms in total. The zero-order chi connectivity index (χ0) is 16.5. The molecule has 0 aromatic carbocycles. The average Bonchev–Trinajstić information content (AvgIpc) is 3.24. The molecule has 0 aliphatic carbocycles. The Kier molecular flexibility index (Phi) is 4.39. The molecule has 0 saturated carbocycles. The number of fused-ring (bicyclic) bond motifs is 1. The molecule has 2 saturated heterocycles. The highest BCUT2D eigenvalue weighted by molar-refractivity contribution is 5.82. The number of rotatable bonds is 4. The third kappa shape index (κ3) is 3.11. The van der Waals surface area contributed by atoms with Crippen LogP contribution in [0, 0.1) is 17.8 Å². The topological polar surface area (TPSA) is 60.9 Å². The van der Waals surface area contributed by atoms with Crippen LogP contribution < -0.4 is 4.90 Å². The summed E-state index contributed by atoms with van der Waals surface area (Å²) in [5, 5.41) is 0. The second-order valence-electron chi connectivity index (χ2n) is 7.83. The molecule has 6 heteroatoms. The lowest BCUT2D eigenvalue weighted by Gasteiger charge is -2.35. The summed E-state index contributed by atoms with van der Waals surface area (Å²) < 4.78 is 0. The molecule has 4 rings (SSSR count). The van der Waals surface area contributed by atoms with Gasteiger partial charge in [-0.3, -0.25) is 0 Å². The van der Waals surface area contributed by atoms with Gasteiger partial charge in [-0.15, -0.1) is 0 Å². The maximum absolute atomic E-state index is 4.52. The molecule has 0 bridgehead atoms. The Morgan fingerprint density at radius 2 is 1.88 bits per heavy atom. The van der Waals surface area contributed by atoms with Crippen LogP contribution in [0.25, 0.3) is 11.2 Å². The number of hydrogen-bond acceptors (Lipinski definition) is 5. The molecule has 130 valence electrons. The van der Waals surface area contributed by atoms with E-state index in [1.54, 1.807) is 12.7 Å². The van der Waals surface area contributed by atoms with Gasteiger partial charge in [-0.2, -0.15) is 0 Å². The van der Waals surface area contributed by atoms with Crippen molar-refractivity contribution in [3.63, 3.8) is 0 Å². The van der Waals surface area contributed by atoms with Crippen LogP contribution in [0.5, 0.6) is 0 Å². The minimum atomic E-state index is 0.769. The number of piperidine rings is 1. The van der Waals surface area contributed by atoms with E-state index >= 15 is 0 Å². The SMILES string of the molecule is CC(C)CN1CCC(C2CCN(c3ncnc4nc[nH]c34)C2)CC1. The van der Waals surface area contributed by atoms with Crippen molar-refractivity contribution in [3.05, 3.63) is 12.7 Å². The molecule has 1 N–H and O–H groups in total. The summed E-state index contributed by atoms with van der Waals surface area (Å²) in [5.74, 6) is 3.48. The number of H-pyrrole nitrogens is 1. The third-order valence-corrected chi connectivity index (χ3v) is 5.65. The molecule has 0 radical (unpaired) electrons. The van der Waals surface area contributed by atoms with E-state index in [0.717, 1.165) is 47.8 Å². The van der Waals surface area contributed by atoms with Gasteiger partial charge < -0.3 is 14.8 Å². The minimum absolute atomic E-state index is 0.769. The predicted molar refractivity (Wildman–Crippen MR) is 96.0 cm³/mol. The van der Waals surface area contributed by atoms with Gasteiger partial charge in [-0.1, -0.05) is 13.8 Å². The summed E-state index contributed by atoms with van der Waals surface area (Å²) in [4.78, 5) is 21.3. The second kappa shape index (κ2) is 6.67. The van der Waals surface area contributed by atoms with E-state index in [-0.39, 0.29) is 0 Å². The van der Waals surface area contributed by atoms with Crippen molar-refractivity contribution in [1.29, 1.82) is 0 Å². The van der Waals surface area contributed by atoms with Crippen molar-refractivity contribution in [2.45, 2.75) is 33.1 Å². The molecule has 1 unspecified atom stereocenters. The van der Waals surface area contributed by atoms with Crippen LogP contribution in [-0.2, 0) is 0 Å². The quantitative estimate of drug-likeness (QED) is 0.934. The van der Waals surface area contributed by atoms with Crippen LogP contribution in [0.4, 0.5) is 5.82 Å². The molecular weight excluding hydrogens is 300 g/mol. The van der Waals surface area contributed by atoms with Gasteiger partial charge in [0.05, 0.1) is 6.33 Å². The third-order valence-electron chi connectivity index (χ3n) is 5.65. The molecule has 2 aliphatic rings. The lowest BCUT2D eigenvalue weighted by Crippen LogP contribution is -2.38. The van der Waals surface area contributed by atoms with Crippen molar-refractivity contribution in [2.75, 3.05) is 37.6 Å². The fourth-order valence-corrected chi connectivity index (χ4v) is 4.48. The Morgan fingerprint density at radius 3 is 2.67 bits per heavy atom. The number of hydrogen-bond donors (Lipinski definition) is 1. The van der Waals surface area contributed by atoms with E-state index in [4.69, 9.17) is 0 Å². The maximum Gasteiger partial charge on any atom is 0.182 e. The lowest BCUT2D eigenvalue weighted by atomic mass is 9.83. The predicted octanol–water partition coefficient (Wildman–Crippen LogP) is 2.55. The number of anilines is 1. The summed E-state index contributed by atoms with van der Waals surface area (Å²) in [7, 11) is 0. The van der Waals surface area contributed by atoms with Crippen LogP contribution in [0.15, 0.2) is 12.7 Å². The van der Waals surface area contributed by atoms with Gasteiger partial charge >= 0.3 is 0 Å². The Bertz CT molecular complexity index is 673. The highest BCUT2D eigenvalue weighted by atomic mass is 15.2. The van der Waals surface area contributed by atoms with E-state index in [1.807, 2.05) is 0 Å². The van der Waals surface area contributed by atoms with Gasteiger partial charge in [-0.25, -0.2) is 15.0 Å². The molecule has 0 spiro atoms. The Labute approximate surface area is 143 Å². The monoisotopic (exact) mass is 328 g/mol. The van der Waals surface area contributed by atoms with Gasteiger partial charge in [0.2, 0.25) is 0 Å². The summed E-state index contributed by atoms with van der Waals surface area (Å²) >= 11 is 0. The van der Waals surface area contributed by atoms with E-state index in [1.165, 1.54) is 38.9 Å². The minimum Gasteiger partial charge on any atom is -0.354 e. The number of aromatic amines is 1. The van der Waals surface area contributed by atoms with E-state index in [9.17, 15) is 0 Å². The fourth-order valence-electron chi connectivity index (χ4n) is 4.48. The number of nitrogens with zero attached hydrogens (tertiary/aromatic N) is 5. The second-order valence-corrected chi connectivity index (χ2v) is 7.83. The molecule has 2 fully saturated rings. The Balaban J connectivity index is 1.38. The van der Waals surface area contributed by atoms with E-state index < -0.39 is 0 Å². The van der Waals surface area contributed by atoms with E-state index in [0.29, 0.717) is 0 Å². The van der Waals surface area contributed by atoms with Gasteiger partial charge in [0.25, 0.3) is 0 Å². The van der Waals surface area contributed by atoms with Crippen molar-refractivity contribution < 1.29 is 0 Å². The smallest absolute Gasteiger partial charge is 0.182 e. The normalized spacial score (nSPS) is 23.6. The number of imidazole rings is 1. The number of nitrogens with one attached hydrogen (secondary N) is 1. The van der Waals surface area contributed by atoms with Gasteiger partial charge in [0.15, 0.2) is 11.5 Å². The lowest BCUT2D eigenvalue weighted by molar-refractivity contribution is 0.141. The molecule has 2 aromatic rings. The molecule has 2 aromatic heterocycles. The largest absolute Gasteiger partial charge is 0.354 e.